The van der Waals surface area contributed by atoms with Crippen LogP contribution in [0.3, 0.4) is 0 Å². The highest BCUT2D eigenvalue weighted by atomic mass is 16.2. The summed E-state index contributed by atoms with van der Waals surface area (Å²) in [5.74, 6) is 0.534. The number of aromatic nitrogens is 3. The average molecular weight is 296 g/mol. The predicted molar refractivity (Wildman–Crippen MR) is 82.9 cm³/mol. The van der Waals surface area contributed by atoms with Crippen LogP contribution in [-0.2, 0) is 11.3 Å². The molecule has 1 aliphatic rings. The maximum atomic E-state index is 12.6. The lowest BCUT2D eigenvalue weighted by Crippen LogP contribution is -2.35. The molecule has 0 bridgehead atoms. The highest BCUT2D eigenvalue weighted by Crippen LogP contribution is 2.19. The zero-order valence-electron chi connectivity index (χ0n) is 12.2. The fraction of sp³-hybridized carbons (Fsp3) is 0.312. The molecule has 0 unspecified atom stereocenters. The Hall–Kier alpha value is -2.63. The van der Waals surface area contributed by atoms with Crippen LogP contribution in [-0.4, -0.2) is 26.1 Å². The Balaban J connectivity index is 1.83. The van der Waals surface area contributed by atoms with Crippen molar-refractivity contribution in [3.8, 4) is 0 Å². The van der Waals surface area contributed by atoms with Crippen LogP contribution in [0, 0.1) is 6.92 Å². The van der Waals surface area contributed by atoms with Crippen LogP contribution in [0.25, 0.3) is 16.4 Å². The van der Waals surface area contributed by atoms with Crippen molar-refractivity contribution in [3.05, 3.63) is 46.5 Å². The molecular formula is C16H16N4O2. The van der Waals surface area contributed by atoms with Crippen molar-refractivity contribution in [2.75, 3.05) is 0 Å². The quantitative estimate of drug-likeness (QED) is 0.790. The number of carbonyl (C=O) groups excluding carboxylic acids is 1. The topological polar surface area (TPSA) is 68.4 Å². The van der Waals surface area contributed by atoms with Crippen molar-refractivity contribution in [3.63, 3.8) is 0 Å². The molecule has 1 fully saturated rings. The Morgan fingerprint density at radius 1 is 1.32 bits per heavy atom. The van der Waals surface area contributed by atoms with Gasteiger partial charge in [-0.15, -0.1) is 0 Å². The summed E-state index contributed by atoms with van der Waals surface area (Å²) in [6.07, 6.45) is 2.05. The third-order valence-electron chi connectivity index (χ3n) is 3.99. The first-order valence-corrected chi connectivity index (χ1v) is 7.41. The minimum absolute atomic E-state index is 0.0335. The summed E-state index contributed by atoms with van der Waals surface area (Å²) in [6.45, 7) is 1.81. The number of rotatable bonds is 3. The molecule has 4 rings (SSSR count). The largest absolute Gasteiger partial charge is 0.352 e. The average Bonchev–Trinajstić information content (AvgIpc) is 3.20. The van der Waals surface area contributed by atoms with Crippen molar-refractivity contribution >= 4 is 22.3 Å². The van der Waals surface area contributed by atoms with E-state index in [1.807, 2.05) is 41.7 Å². The van der Waals surface area contributed by atoms with Gasteiger partial charge in [0.25, 0.3) is 5.56 Å². The second-order valence-corrected chi connectivity index (χ2v) is 5.78. The smallest absolute Gasteiger partial charge is 0.291 e. The van der Waals surface area contributed by atoms with Crippen LogP contribution < -0.4 is 10.9 Å². The summed E-state index contributed by atoms with van der Waals surface area (Å²) in [5, 5.41) is 8.17. The lowest BCUT2D eigenvalue weighted by molar-refractivity contribution is -0.122. The molecule has 0 atom stereocenters. The molecule has 2 heterocycles. The van der Waals surface area contributed by atoms with Gasteiger partial charge >= 0.3 is 0 Å². The number of nitrogens with one attached hydrogen (secondary N) is 1. The van der Waals surface area contributed by atoms with Gasteiger partial charge in [0.1, 0.15) is 17.9 Å². The Morgan fingerprint density at radius 2 is 2.09 bits per heavy atom. The third-order valence-corrected chi connectivity index (χ3v) is 3.99. The maximum absolute atomic E-state index is 12.6. The van der Waals surface area contributed by atoms with E-state index in [0.29, 0.717) is 11.3 Å². The molecule has 1 saturated carbocycles. The number of hydrogen-bond donors (Lipinski definition) is 1. The molecule has 3 aromatic rings. The number of nitrogens with zero attached hydrogens (tertiary/aromatic N) is 3. The van der Waals surface area contributed by atoms with E-state index < -0.39 is 0 Å². The van der Waals surface area contributed by atoms with Gasteiger partial charge in [-0.3, -0.25) is 14.0 Å². The van der Waals surface area contributed by atoms with Gasteiger partial charge in [0.05, 0.1) is 5.52 Å². The zero-order chi connectivity index (χ0) is 15.3. The molecule has 1 aliphatic carbocycles. The van der Waals surface area contributed by atoms with E-state index >= 15 is 0 Å². The second kappa shape index (κ2) is 4.69. The molecule has 22 heavy (non-hydrogen) atoms. The molecular weight excluding hydrogens is 280 g/mol. The maximum Gasteiger partial charge on any atom is 0.291 e. The molecule has 0 aliphatic heterocycles. The van der Waals surface area contributed by atoms with Crippen LogP contribution in [0.1, 0.15) is 18.7 Å². The Bertz CT molecular complexity index is 950. The van der Waals surface area contributed by atoms with Crippen LogP contribution in [0.2, 0.25) is 0 Å². The van der Waals surface area contributed by atoms with E-state index in [4.69, 9.17) is 0 Å². The summed E-state index contributed by atoms with van der Waals surface area (Å²) in [4.78, 5) is 24.5. The highest BCUT2D eigenvalue weighted by molar-refractivity contribution is 5.87. The first kappa shape index (κ1) is 13.1. The van der Waals surface area contributed by atoms with Gasteiger partial charge < -0.3 is 5.32 Å². The SMILES string of the molecule is Cc1nn(CC(=O)NC2CC2)c(=O)c2cc3ccccc3n12. The molecule has 0 spiro atoms. The zero-order valence-corrected chi connectivity index (χ0v) is 12.2. The number of fused-ring (bicyclic) bond motifs is 3. The third kappa shape index (κ3) is 2.07. The number of hydrogen-bond acceptors (Lipinski definition) is 3. The van der Waals surface area contributed by atoms with Crippen molar-refractivity contribution in [1.82, 2.24) is 19.5 Å². The molecule has 1 amide bonds. The monoisotopic (exact) mass is 296 g/mol. The highest BCUT2D eigenvalue weighted by Gasteiger charge is 2.23. The summed E-state index contributed by atoms with van der Waals surface area (Å²) >= 11 is 0. The lowest BCUT2D eigenvalue weighted by atomic mass is 10.2. The normalized spacial score (nSPS) is 14.6. The van der Waals surface area contributed by atoms with E-state index in [9.17, 15) is 9.59 Å². The fourth-order valence-electron chi connectivity index (χ4n) is 2.80. The standard InChI is InChI=1S/C16H16N4O2/c1-10-18-19(9-15(21)17-12-6-7-12)16(22)14-8-11-4-2-3-5-13(11)20(10)14/h2-5,8,12H,6-7,9H2,1H3,(H,17,21). The molecule has 0 saturated heterocycles. The fourth-order valence-corrected chi connectivity index (χ4v) is 2.80. The Morgan fingerprint density at radius 3 is 2.86 bits per heavy atom. The van der Waals surface area contributed by atoms with Gasteiger partial charge in [0, 0.05) is 11.4 Å². The van der Waals surface area contributed by atoms with Gasteiger partial charge in [0.15, 0.2) is 0 Å². The summed E-state index contributed by atoms with van der Waals surface area (Å²) in [6, 6.07) is 9.92. The van der Waals surface area contributed by atoms with Gasteiger partial charge in [-0.05, 0) is 31.9 Å². The van der Waals surface area contributed by atoms with Crippen LogP contribution >= 0.6 is 0 Å². The number of para-hydroxylation sites is 1. The van der Waals surface area contributed by atoms with Gasteiger partial charge in [0.2, 0.25) is 5.91 Å². The van der Waals surface area contributed by atoms with Crippen molar-refractivity contribution < 1.29 is 4.79 Å². The predicted octanol–water partition coefficient (Wildman–Crippen LogP) is 1.24. The van der Waals surface area contributed by atoms with Crippen LogP contribution in [0.15, 0.2) is 35.1 Å². The first-order chi connectivity index (χ1) is 10.6. The molecule has 0 radical (unpaired) electrons. The lowest BCUT2D eigenvalue weighted by Gasteiger charge is -2.08. The number of carbonyl (C=O) groups is 1. The first-order valence-electron chi connectivity index (χ1n) is 7.41. The number of amides is 1. The van der Waals surface area contributed by atoms with Crippen LogP contribution in [0.4, 0.5) is 0 Å². The molecule has 112 valence electrons. The van der Waals surface area contributed by atoms with Gasteiger partial charge in [-0.2, -0.15) is 5.10 Å². The van der Waals surface area contributed by atoms with E-state index in [0.717, 1.165) is 23.7 Å². The summed E-state index contributed by atoms with van der Waals surface area (Å²) in [7, 11) is 0. The van der Waals surface area contributed by atoms with Crippen LogP contribution in [0.5, 0.6) is 0 Å². The Kier molecular flexibility index (Phi) is 2.79. The van der Waals surface area contributed by atoms with E-state index in [1.165, 1.54) is 4.68 Å². The number of aryl methyl sites for hydroxylation is 1. The van der Waals surface area contributed by atoms with Crippen molar-refractivity contribution in [2.45, 2.75) is 32.4 Å². The molecule has 6 nitrogen and oxygen atoms in total. The minimum atomic E-state index is -0.243. The Labute approximate surface area is 126 Å². The molecule has 1 aromatic carbocycles. The molecule has 2 aromatic heterocycles. The molecule has 6 heteroatoms. The summed E-state index contributed by atoms with van der Waals surface area (Å²) in [5.41, 5.74) is 1.26. The van der Waals surface area contributed by atoms with Gasteiger partial charge in [-0.1, -0.05) is 18.2 Å². The summed E-state index contributed by atoms with van der Waals surface area (Å²) < 4.78 is 3.09. The van der Waals surface area contributed by atoms with E-state index in [2.05, 4.69) is 10.4 Å². The van der Waals surface area contributed by atoms with E-state index in [-0.39, 0.29) is 24.1 Å². The van der Waals surface area contributed by atoms with E-state index in [1.54, 1.807) is 0 Å². The minimum Gasteiger partial charge on any atom is -0.352 e. The number of benzene rings is 1. The van der Waals surface area contributed by atoms with Gasteiger partial charge in [-0.25, -0.2) is 4.68 Å². The second-order valence-electron chi connectivity index (χ2n) is 5.78. The molecule has 1 N–H and O–H groups in total. The van der Waals surface area contributed by atoms with Crippen molar-refractivity contribution in [2.24, 2.45) is 0 Å². The van der Waals surface area contributed by atoms with Crippen molar-refractivity contribution in [1.29, 1.82) is 0 Å².